The normalized spacial score (nSPS) is 42.5. The minimum absolute atomic E-state index is 0.117. The third kappa shape index (κ3) is 5.25. The van der Waals surface area contributed by atoms with Crippen molar-refractivity contribution < 1.29 is 24.2 Å². The van der Waals surface area contributed by atoms with Crippen molar-refractivity contribution in [2.24, 2.45) is 67.8 Å². The summed E-state index contributed by atoms with van der Waals surface area (Å²) in [6.07, 6.45) is 8.82. The van der Waals surface area contributed by atoms with Crippen molar-refractivity contribution in [1.29, 1.82) is 0 Å². The average molecular weight is 710 g/mol. The first-order valence-electron chi connectivity index (χ1n) is 19.6. The molecule has 286 valence electrons. The van der Waals surface area contributed by atoms with Gasteiger partial charge in [0.05, 0.1) is 37.9 Å². The number of amides is 1. The molecule has 10 heteroatoms. The maximum atomic E-state index is 13.6. The van der Waals surface area contributed by atoms with Crippen molar-refractivity contribution in [2.75, 3.05) is 26.9 Å². The average Bonchev–Trinajstić information content (AvgIpc) is 3.54. The van der Waals surface area contributed by atoms with E-state index in [2.05, 4.69) is 97.6 Å². The van der Waals surface area contributed by atoms with Crippen LogP contribution in [0.3, 0.4) is 0 Å². The van der Waals surface area contributed by atoms with Crippen molar-refractivity contribution in [3.05, 3.63) is 23.8 Å². The number of allylic oxidation sites excluding steroid dienone is 1. The smallest absolute Gasteiger partial charge is 0.307 e. The Morgan fingerprint density at radius 2 is 1.78 bits per heavy atom. The molecule has 1 aromatic heterocycles. The number of fused-ring (bicyclic) bond motifs is 3. The topological polar surface area (TPSA) is 142 Å². The van der Waals surface area contributed by atoms with Gasteiger partial charge in [0.2, 0.25) is 5.82 Å². The van der Waals surface area contributed by atoms with E-state index < -0.39 is 28.6 Å². The Labute approximate surface area is 306 Å². The van der Waals surface area contributed by atoms with E-state index in [1.54, 1.807) is 4.68 Å². The molecule has 0 radical (unpaired) electrons. The molecular formula is C41H67N5O5. The van der Waals surface area contributed by atoms with Crippen LogP contribution in [0.2, 0.25) is 0 Å². The molecule has 4 N–H and O–H groups in total. The van der Waals surface area contributed by atoms with E-state index >= 15 is 0 Å². The number of hydrogen-bond donors (Lipinski definition) is 3. The summed E-state index contributed by atoms with van der Waals surface area (Å²) < 4.78 is 15.9. The number of nitrogens with one attached hydrogen (secondary N) is 1. The van der Waals surface area contributed by atoms with Gasteiger partial charge in [-0.25, -0.2) is 9.67 Å². The highest BCUT2D eigenvalue weighted by atomic mass is 16.5. The lowest BCUT2D eigenvalue weighted by Crippen LogP contribution is -2.70. The van der Waals surface area contributed by atoms with Crippen molar-refractivity contribution in [3.63, 3.8) is 0 Å². The van der Waals surface area contributed by atoms with E-state index in [4.69, 9.17) is 15.2 Å². The van der Waals surface area contributed by atoms with Crippen molar-refractivity contribution in [2.45, 2.75) is 132 Å². The van der Waals surface area contributed by atoms with E-state index in [9.17, 15) is 14.7 Å². The van der Waals surface area contributed by atoms with Crippen LogP contribution in [0.1, 0.15) is 131 Å². The van der Waals surface area contributed by atoms with Gasteiger partial charge in [0, 0.05) is 11.0 Å². The molecule has 0 spiro atoms. The number of carboxylic acids is 1. The number of carbonyl (C=O) groups excluding carboxylic acids is 1. The second kappa shape index (κ2) is 12.4. The number of rotatable bonds is 9. The summed E-state index contributed by atoms with van der Waals surface area (Å²) in [6, 6.07) is -0.296. The largest absolute Gasteiger partial charge is 0.481 e. The van der Waals surface area contributed by atoms with Gasteiger partial charge in [0.15, 0.2) is 0 Å². The molecular weight excluding hydrogens is 642 g/mol. The van der Waals surface area contributed by atoms with E-state index in [0.717, 1.165) is 32.1 Å². The van der Waals surface area contributed by atoms with Gasteiger partial charge in [-0.1, -0.05) is 80.9 Å². The first-order chi connectivity index (χ1) is 23.6. The van der Waals surface area contributed by atoms with Gasteiger partial charge in [-0.2, -0.15) is 5.10 Å². The molecule has 10 nitrogen and oxygen atoms in total. The van der Waals surface area contributed by atoms with Crippen LogP contribution in [-0.4, -0.2) is 70.3 Å². The van der Waals surface area contributed by atoms with Crippen LogP contribution >= 0.6 is 0 Å². The molecule has 2 heterocycles. The van der Waals surface area contributed by atoms with Gasteiger partial charge in [0.25, 0.3) is 5.91 Å². The molecule has 6 rings (SSSR count). The number of primary amides is 1. The number of aliphatic carboxylic acids is 1. The van der Waals surface area contributed by atoms with Crippen molar-refractivity contribution in [1.82, 2.24) is 20.1 Å². The Morgan fingerprint density at radius 3 is 2.37 bits per heavy atom. The molecule has 12 atom stereocenters. The monoisotopic (exact) mass is 710 g/mol. The fourth-order valence-corrected chi connectivity index (χ4v) is 12.7. The van der Waals surface area contributed by atoms with E-state index in [-0.39, 0.29) is 62.9 Å². The van der Waals surface area contributed by atoms with Crippen LogP contribution in [0.25, 0.3) is 0 Å². The van der Waals surface area contributed by atoms with Crippen LogP contribution in [0.15, 0.2) is 18.0 Å². The fraction of sp³-hybridized carbons (Fsp3) is 0.854. The minimum Gasteiger partial charge on any atom is -0.481 e. The molecule has 5 aliphatic rings. The van der Waals surface area contributed by atoms with Gasteiger partial charge in [-0.3, -0.25) is 9.59 Å². The molecule has 1 saturated heterocycles. The lowest BCUT2D eigenvalue weighted by atomic mass is 9.34. The molecule has 0 aromatic carbocycles. The fourth-order valence-electron chi connectivity index (χ4n) is 12.7. The maximum absolute atomic E-state index is 13.6. The molecule has 4 fully saturated rings. The highest BCUT2D eigenvalue weighted by molar-refractivity contribution is 5.89. The molecule has 1 amide bonds. The summed E-state index contributed by atoms with van der Waals surface area (Å²) >= 11 is 0. The molecule has 4 aliphatic carbocycles. The summed E-state index contributed by atoms with van der Waals surface area (Å²) in [5.74, 6) is -0.451. The lowest BCUT2D eigenvalue weighted by Gasteiger charge is -2.71. The molecule has 1 aromatic rings. The summed E-state index contributed by atoms with van der Waals surface area (Å²) in [5.41, 5.74) is 5.15. The summed E-state index contributed by atoms with van der Waals surface area (Å²) in [6.45, 7) is 26.5. The zero-order valence-corrected chi connectivity index (χ0v) is 33.6. The second-order valence-corrected chi connectivity index (χ2v) is 20.1. The molecule has 3 saturated carbocycles. The second-order valence-electron chi connectivity index (χ2n) is 20.1. The Hall–Kier alpha value is -2.30. The third-order valence-corrected chi connectivity index (χ3v) is 16.9. The first kappa shape index (κ1) is 38.4. The first-order valence-corrected chi connectivity index (χ1v) is 19.6. The summed E-state index contributed by atoms with van der Waals surface area (Å²) in [4.78, 5) is 30.7. The van der Waals surface area contributed by atoms with Gasteiger partial charge in [0.1, 0.15) is 6.33 Å². The quantitative estimate of drug-likeness (QED) is 0.235. The van der Waals surface area contributed by atoms with Crippen molar-refractivity contribution >= 4 is 11.9 Å². The standard InChI is InChI=1S/C41H67N5O5/c1-24(2)25(3)37(8)17-18-38(9)26-13-14-29-36(7)19-28(46-33(32(42)47)44-23-45-46)31(51-21-40(11,43-12)35(4,5)6)41(29,22-50-20-36)27(26)15-16-39(38,10)30(37)34(48)49/h15,23-26,28-31,43H,13-14,16-22H2,1-12H3,(H2,42,47)(H,48,49)/t25-,26+,28-,29-,30-,31+,36-,37-,38-,39+,40+,41+/m1/s1. The van der Waals surface area contributed by atoms with E-state index in [1.807, 2.05) is 7.05 Å². The van der Waals surface area contributed by atoms with E-state index in [0.29, 0.717) is 32.2 Å². The number of nitrogens with two attached hydrogens (primary N) is 1. The number of hydrogen-bond acceptors (Lipinski definition) is 7. The van der Waals surface area contributed by atoms with Crippen LogP contribution in [-0.2, 0) is 14.3 Å². The highest BCUT2D eigenvalue weighted by Gasteiger charge is 2.73. The van der Waals surface area contributed by atoms with E-state index in [1.165, 1.54) is 11.9 Å². The van der Waals surface area contributed by atoms with Gasteiger partial charge >= 0.3 is 5.97 Å². The van der Waals surface area contributed by atoms with Gasteiger partial charge < -0.3 is 25.6 Å². The molecule has 0 unspecified atom stereocenters. The zero-order chi connectivity index (χ0) is 37.7. The Bertz CT molecular complexity index is 1570. The summed E-state index contributed by atoms with van der Waals surface area (Å²) in [7, 11) is 2.00. The van der Waals surface area contributed by atoms with Crippen molar-refractivity contribution in [3.8, 4) is 0 Å². The Balaban J connectivity index is 1.54. The van der Waals surface area contributed by atoms with Crippen LogP contribution in [0.4, 0.5) is 0 Å². The minimum atomic E-state index is -0.659. The van der Waals surface area contributed by atoms with Crippen LogP contribution < -0.4 is 11.1 Å². The number of carbonyl (C=O) groups is 2. The predicted octanol–water partition coefficient (Wildman–Crippen LogP) is 6.92. The maximum Gasteiger partial charge on any atom is 0.307 e. The SMILES string of the molecule is CN[C@@](C)(CO[C@H]1[C@H](n2ncnc2C(N)=O)C[C@]2(C)COC[C@@]13C1=CC[C@@]4(C)[C@H](C(=O)O)[C@@](C)([C@H](C)C(C)C)CC[C@]4(C)[C@H]1CC[C@H]23)C(C)(C)C. The van der Waals surface area contributed by atoms with Gasteiger partial charge in [-0.05, 0) is 103 Å². The molecule has 51 heavy (non-hydrogen) atoms. The Kier molecular flexibility index (Phi) is 9.32. The van der Waals surface area contributed by atoms with Crippen LogP contribution in [0.5, 0.6) is 0 Å². The van der Waals surface area contributed by atoms with Crippen LogP contribution in [0, 0.1) is 62.1 Å². The molecule has 1 aliphatic heterocycles. The third-order valence-electron chi connectivity index (χ3n) is 16.9. The zero-order valence-electron chi connectivity index (χ0n) is 33.6. The number of ether oxygens (including phenoxy) is 2. The number of aromatic nitrogens is 3. The number of carboxylic acid groups (broad SMARTS) is 1. The Morgan fingerprint density at radius 1 is 1.10 bits per heavy atom. The van der Waals surface area contributed by atoms with Gasteiger partial charge in [-0.15, -0.1) is 0 Å². The molecule has 2 bridgehead atoms. The predicted molar refractivity (Wildman–Crippen MR) is 198 cm³/mol. The lowest BCUT2D eigenvalue weighted by molar-refractivity contribution is -0.256. The highest BCUT2D eigenvalue weighted by Crippen LogP contribution is 2.75. The summed E-state index contributed by atoms with van der Waals surface area (Å²) in [5, 5.41) is 19.4. The number of likely N-dealkylation sites (N-methyl/N-ethyl adjacent to an activating group) is 1. The number of nitrogens with zero attached hydrogens (tertiary/aromatic N) is 3.